The Morgan fingerprint density at radius 1 is 1.12 bits per heavy atom. The fraction of sp³-hybridized carbons (Fsp3) is 0.0588. The first kappa shape index (κ1) is 17.5. The molecule has 3 N–H and O–H groups in total. The third-order valence-corrected chi connectivity index (χ3v) is 4.35. The Balaban J connectivity index is 1.63. The number of nitrogen functional groups attached to an aromatic ring is 1. The van der Waals surface area contributed by atoms with Gasteiger partial charge in [-0.2, -0.15) is 0 Å². The van der Waals surface area contributed by atoms with Crippen LogP contribution in [0.2, 0.25) is 0 Å². The van der Waals surface area contributed by atoms with Crippen LogP contribution in [-0.4, -0.2) is 32.5 Å². The van der Waals surface area contributed by atoms with E-state index in [-0.39, 0.29) is 17.2 Å². The SMILES string of the molecule is Nn1c(SCC(=O)Nc2cccc(C(=O)[O-])c2)nnc1-c1ccccc1. The number of anilines is 1. The van der Waals surface area contributed by atoms with Crippen LogP contribution in [0.3, 0.4) is 0 Å². The van der Waals surface area contributed by atoms with E-state index in [1.807, 2.05) is 30.3 Å². The average molecular weight is 368 g/mol. The number of nitrogens with one attached hydrogen (secondary N) is 1. The Morgan fingerprint density at radius 3 is 2.62 bits per heavy atom. The van der Waals surface area contributed by atoms with E-state index in [1.165, 1.54) is 22.9 Å². The normalized spacial score (nSPS) is 10.5. The van der Waals surface area contributed by atoms with Gasteiger partial charge in [0.25, 0.3) is 0 Å². The number of rotatable bonds is 6. The number of thioether (sulfide) groups is 1. The number of aromatic nitrogens is 3. The quantitative estimate of drug-likeness (QED) is 0.486. The van der Waals surface area contributed by atoms with Crippen molar-refractivity contribution in [1.82, 2.24) is 14.9 Å². The van der Waals surface area contributed by atoms with Crippen LogP contribution in [0.5, 0.6) is 0 Å². The van der Waals surface area contributed by atoms with Gasteiger partial charge in [-0.15, -0.1) is 10.2 Å². The predicted octanol–water partition coefficient (Wildman–Crippen LogP) is 0.753. The highest BCUT2D eigenvalue weighted by Crippen LogP contribution is 2.21. The minimum absolute atomic E-state index is 0.00958. The molecule has 0 fully saturated rings. The molecule has 26 heavy (non-hydrogen) atoms. The predicted molar refractivity (Wildman–Crippen MR) is 95.7 cm³/mol. The molecule has 0 unspecified atom stereocenters. The zero-order valence-electron chi connectivity index (χ0n) is 13.5. The number of amides is 1. The van der Waals surface area contributed by atoms with Gasteiger partial charge in [-0.05, 0) is 17.7 Å². The van der Waals surface area contributed by atoms with E-state index < -0.39 is 5.97 Å². The Morgan fingerprint density at radius 2 is 1.88 bits per heavy atom. The molecule has 0 radical (unpaired) electrons. The third kappa shape index (κ3) is 4.01. The van der Waals surface area contributed by atoms with E-state index in [1.54, 1.807) is 6.07 Å². The topological polar surface area (TPSA) is 126 Å². The summed E-state index contributed by atoms with van der Waals surface area (Å²) in [6, 6.07) is 15.2. The van der Waals surface area contributed by atoms with Gasteiger partial charge in [0.1, 0.15) is 0 Å². The lowest BCUT2D eigenvalue weighted by atomic mass is 10.2. The Bertz CT molecular complexity index is 943. The fourth-order valence-corrected chi connectivity index (χ4v) is 2.87. The summed E-state index contributed by atoms with van der Waals surface area (Å²) in [5.41, 5.74) is 1.18. The monoisotopic (exact) mass is 368 g/mol. The molecule has 0 atom stereocenters. The fourth-order valence-electron chi connectivity index (χ4n) is 2.21. The minimum Gasteiger partial charge on any atom is -0.545 e. The molecule has 132 valence electrons. The van der Waals surface area contributed by atoms with Gasteiger partial charge >= 0.3 is 0 Å². The van der Waals surface area contributed by atoms with Gasteiger partial charge in [0, 0.05) is 11.3 Å². The van der Waals surface area contributed by atoms with E-state index in [9.17, 15) is 14.7 Å². The molecule has 9 heteroatoms. The maximum absolute atomic E-state index is 12.1. The second kappa shape index (κ2) is 7.70. The van der Waals surface area contributed by atoms with Crippen molar-refractivity contribution < 1.29 is 14.7 Å². The molecule has 0 aliphatic carbocycles. The summed E-state index contributed by atoms with van der Waals surface area (Å²) in [5, 5.41) is 21.9. The number of carbonyl (C=O) groups excluding carboxylic acids is 2. The maximum atomic E-state index is 12.1. The van der Waals surface area contributed by atoms with Gasteiger partial charge in [0.2, 0.25) is 11.1 Å². The van der Waals surface area contributed by atoms with Crippen molar-refractivity contribution in [3.8, 4) is 11.4 Å². The van der Waals surface area contributed by atoms with Gasteiger partial charge in [-0.3, -0.25) is 4.79 Å². The molecule has 2 aromatic carbocycles. The van der Waals surface area contributed by atoms with Crippen molar-refractivity contribution in [3.05, 3.63) is 60.2 Å². The number of hydrogen-bond acceptors (Lipinski definition) is 7. The molecule has 1 aromatic heterocycles. The molecule has 3 aromatic rings. The first-order chi connectivity index (χ1) is 12.5. The van der Waals surface area contributed by atoms with E-state index in [0.717, 1.165) is 17.3 Å². The van der Waals surface area contributed by atoms with Crippen LogP contribution in [0.25, 0.3) is 11.4 Å². The van der Waals surface area contributed by atoms with Crippen molar-refractivity contribution in [2.75, 3.05) is 16.9 Å². The lowest BCUT2D eigenvalue weighted by Crippen LogP contribution is -2.22. The van der Waals surface area contributed by atoms with Crippen molar-refractivity contribution in [2.45, 2.75) is 5.16 Å². The summed E-state index contributed by atoms with van der Waals surface area (Å²) in [6.45, 7) is 0. The Hall–Kier alpha value is -3.33. The van der Waals surface area contributed by atoms with Gasteiger partial charge in [0.15, 0.2) is 5.82 Å². The molecule has 1 amide bonds. The lowest BCUT2D eigenvalue weighted by Gasteiger charge is -2.08. The van der Waals surface area contributed by atoms with Crippen LogP contribution in [0, 0.1) is 0 Å². The van der Waals surface area contributed by atoms with Crippen LogP contribution in [-0.2, 0) is 4.79 Å². The van der Waals surface area contributed by atoms with Crippen molar-refractivity contribution in [3.63, 3.8) is 0 Å². The Kier molecular flexibility index (Phi) is 5.18. The highest BCUT2D eigenvalue weighted by molar-refractivity contribution is 7.99. The number of carbonyl (C=O) groups is 2. The third-order valence-electron chi connectivity index (χ3n) is 3.41. The zero-order valence-corrected chi connectivity index (χ0v) is 14.3. The molecular weight excluding hydrogens is 354 g/mol. The second-order valence-corrected chi connectivity index (χ2v) is 6.19. The molecule has 0 bridgehead atoms. The highest BCUT2D eigenvalue weighted by Gasteiger charge is 2.13. The highest BCUT2D eigenvalue weighted by atomic mass is 32.2. The molecule has 0 spiro atoms. The standard InChI is InChI=1S/C17H15N5O3S/c18-22-15(11-5-2-1-3-6-11)20-21-17(22)26-10-14(23)19-13-8-4-7-12(9-13)16(24)25/h1-9H,10,18H2,(H,19,23)(H,24,25)/p-1. The first-order valence-electron chi connectivity index (χ1n) is 7.54. The first-order valence-corrected chi connectivity index (χ1v) is 8.53. The number of aromatic carboxylic acids is 1. The zero-order chi connectivity index (χ0) is 18.5. The molecule has 1 heterocycles. The molecule has 3 rings (SSSR count). The number of hydrogen-bond donors (Lipinski definition) is 2. The molecule has 0 saturated carbocycles. The van der Waals surface area contributed by atoms with Crippen molar-refractivity contribution in [1.29, 1.82) is 0 Å². The molecule has 0 saturated heterocycles. The summed E-state index contributed by atoms with van der Waals surface area (Å²) in [4.78, 5) is 22.9. The number of carboxylic acid groups (broad SMARTS) is 1. The van der Waals surface area contributed by atoms with E-state index >= 15 is 0 Å². The second-order valence-electron chi connectivity index (χ2n) is 5.25. The molecular formula is C17H14N5O3S-. The summed E-state index contributed by atoms with van der Waals surface area (Å²) < 4.78 is 1.32. The van der Waals surface area contributed by atoms with Crippen molar-refractivity contribution >= 4 is 29.3 Å². The maximum Gasteiger partial charge on any atom is 0.234 e. The van der Waals surface area contributed by atoms with Gasteiger partial charge in [0.05, 0.1) is 11.7 Å². The number of benzene rings is 2. The molecule has 8 nitrogen and oxygen atoms in total. The number of nitrogens with two attached hydrogens (primary N) is 1. The van der Waals surface area contributed by atoms with Gasteiger partial charge in [-0.1, -0.05) is 54.2 Å². The molecule has 0 aliphatic rings. The van der Waals surface area contributed by atoms with E-state index in [0.29, 0.717) is 16.7 Å². The largest absolute Gasteiger partial charge is 0.545 e. The number of carboxylic acids is 1. The smallest absolute Gasteiger partial charge is 0.234 e. The van der Waals surface area contributed by atoms with Crippen LogP contribution in [0.1, 0.15) is 10.4 Å². The molecule has 0 aliphatic heterocycles. The number of nitrogens with zero attached hydrogens (tertiary/aromatic N) is 3. The Labute approximate surface area is 153 Å². The minimum atomic E-state index is -1.31. The van der Waals surface area contributed by atoms with Gasteiger partial charge < -0.3 is 21.1 Å². The summed E-state index contributed by atoms with van der Waals surface area (Å²) in [5.74, 6) is 4.90. The summed E-state index contributed by atoms with van der Waals surface area (Å²) in [6.07, 6.45) is 0. The van der Waals surface area contributed by atoms with E-state index in [2.05, 4.69) is 15.5 Å². The van der Waals surface area contributed by atoms with E-state index in [4.69, 9.17) is 5.84 Å². The van der Waals surface area contributed by atoms with Gasteiger partial charge in [-0.25, -0.2) is 4.68 Å². The summed E-state index contributed by atoms with van der Waals surface area (Å²) >= 11 is 1.12. The van der Waals surface area contributed by atoms with Crippen LogP contribution in [0.15, 0.2) is 59.8 Å². The van der Waals surface area contributed by atoms with Crippen molar-refractivity contribution in [2.24, 2.45) is 0 Å². The average Bonchev–Trinajstić information content (AvgIpc) is 3.01. The summed E-state index contributed by atoms with van der Waals surface area (Å²) in [7, 11) is 0. The van der Waals surface area contributed by atoms with Crippen LogP contribution >= 0.6 is 11.8 Å². The van der Waals surface area contributed by atoms with Crippen LogP contribution < -0.4 is 16.3 Å². The lowest BCUT2D eigenvalue weighted by molar-refractivity contribution is -0.255. The van der Waals surface area contributed by atoms with Crippen LogP contribution in [0.4, 0.5) is 5.69 Å².